The first-order valence-electron chi connectivity index (χ1n) is 10.6. The van der Waals surface area contributed by atoms with Crippen LogP contribution >= 0.6 is 0 Å². The fourth-order valence-electron chi connectivity index (χ4n) is 3.42. The van der Waals surface area contributed by atoms with Gasteiger partial charge in [0, 0.05) is 37.1 Å². The van der Waals surface area contributed by atoms with E-state index >= 15 is 0 Å². The number of methoxy groups -OCH3 is 1. The average Bonchev–Trinajstić information content (AvgIpc) is 2.78. The predicted octanol–water partition coefficient (Wildman–Crippen LogP) is 4.29. The number of hydrogen-bond donors (Lipinski definition) is 3. The molecule has 0 aliphatic carbocycles. The van der Waals surface area contributed by atoms with E-state index in [1.807, 2.05) is 49.4 Å². The van der Waals surface area contributed by atoms with E-state index in [0.717, 1.165) is 36.2 Å². The Hall–Kier alpha value is -3.87. The SMILES string of the molecule is COc1ccc(NCc2ccc(C(=N)N3CCC3)cc2)c(C(=O)Nc2ccc(C)cn2)c1. The highest BCUT2D eigenvalue weighted by molar-refractivity contribution is 6.08. The van der Waals surface area contributed by atoms with Crippen molar-refractivity contribution in [1.82, 2.24) is 9.88 Å². The van der Waals surface area contributed by atoms with Gasteiger partial charge in [-0.05, 0) is 48.7 Å². The number of ether oxygens (including phenoxy) is 1. The second-order valence-electron chi connectivity index (χ2n) is 7.83. The molecular formula is C25H27N5O2. The summed E-state index contributed by atoms with van der Waals surface area (Å²) in [5.41, 5.74) is 4.18. The van der Waals surface area contributed by atoms with Gasteiger partial charge in [-0.1, -0.05) is 30.3 Å². The normalized spacial score (nSPS) is 12.6. The Morgan fingerprint density at radius 2 is 1.91 bits per heavy atom. The lowest BCUT2D eigenvalue weighted by Gasteiger charge is -2.33. The molecule has 3 aromatic rings. The van der Waals surface area contributed by atoms with E-state index in [2.05, 4.69) is 20.5 Å². The molecule has 1 saturated heterocycles. The van der Waals surface area contributed by atoms with Gasteiger partial charge in [-0.3, -0.25) is 10.2 Å². The first kappa shape index (κ1) is 21.4. The first-order chi connectivity index (χ1) is 15.5. The summed E-state index contributed by atoms with van der Waals surface area (Å²) >= 11 is 0. The molecular weight excluding hydrogens is 402 g/mol. The number of likely N-dealkylation sites (tertiary alicyclic amines) is 1. The number of pyridine rings is 1. The molecule has 7 heteroatoms. The predicted molar refractivity (Wildman–Crippen MR) is 127 cm³/mol. The molecule has 2 heterocycles. The lowest BCUT2D eigenvalue weighted by Crippen LogP contribution is -2.42. The Morgan fingerprint density at radius 3 is 2.53 bits per heavy atom. The molecule has 0 saturated carbocycles. The fourth-order valence-corrected chi connectivity index (χ4v) is 3.42. The monoisotopic (exact) mass is 429 g/mol. The summed E-state index contributed by atoms with van der Waals surface area (Å²) in [5, 5.41) is 14.5. The van der Waals surface area contributed by atoms with E-state index in [0.29, 0.717) is 35.2 Å². The van der Waals surface area contributed by atoms with Gasteiger partial charge in [0.15, 0.2) is 0 Å². The summed E-state index contributed by atoms with van der Waals surface area (Å²) in [6.45, 7) is 4.42. The van der Waals surface area contributed by atoms with Crippen LogP contribution in [0.4, 0.5) is 11.5 Å². The first-order valence-corrected chi connectivity index (χ1v) is 10.6. The number of aryl methyl sites for hydroxylation is 1. The molecule has 0 spiro atoms. The van der Waals surface area contributed by atoms with Crippen molar-refractivity contribution in [3.8, 4) is 5.75 Å². The summed E-state index contributed by atoms with van der Waals surface area (Å²) < 4.78 is 5.31. The van der Waals surface area contributed by atoms with Gasteiger partial charge >= 0.3 is 0 Å². The minimum atomic E-state index is -0.263. The highest BCUT2D eigenvalue weighted by atomic mass is 16.5. The molecule has 32 heavy (non-hydrogen) atoms. The maximum atomic E-state index is 12.9. The minimum Gasteiger partial charge on any atom is -0.497 e. The number of nitrogens with one attached hydrogen (secondary N) is 3. The summed E-state index contributed by atoms with van der Waals surface area (Å²) in [7, 11) is 1.57. The van der Waals surface area contributed by atoms with Crippen LogP contribution in [0.3, 0.4) is 0 Å². The average molecular weight is 430 g/mol. The molecule has 3 N–H and O–H groups in total. The van der Waals surface area contributed by atoms with Gasteiger partial charge < -0.3 is 20.3 Å². The fraction of sp³-hybridized carbons (Fsp3) is 0.240. The van der Waals surface area contributed by atoms with E-state index in [1.54, 1.807) is 25.4 Å². The zero-order chi connectivity index (χ0) is 22.5. The second kappa shape index (κ2) is 9.51. The number of benzene rings is 2. The molecule has 1 fully saturated rings. The molecule has 1 aliphatic heterocycles. The number of rotatable bonds is 7. The van der Waals surface area contributed by atoms with Crippen LogP contribution in [0.5, 0.6) is 5.75 Å². The smallest absolute Gasteiger partial charge is 0.259 e. The molecule has 0 bridgehead atoms. The van der Waals surface area contributed by atoms with Gasteiger partial charge in [0.2, 0.25) is 0 Å². The molecule has 1 aromatic heterocycles. The molecule has 2 aromatic carbocycles. The van der Waals surface area contributed by atoms with E-state index in [9.17, 15) is 4.79 Å². The zero-order valence-corrected chi connectivity index (χ0v) is 18.3. The number of hydrogen-bond acceptors (Lipinski definition) is 5. The molecule has 164 valence electrons. The van der Waals surface area contributed by atoms with Gasteiger partial charge in [0.1, 0.15) is 17.4 Å². The summed E-state index contributed by atoms with van der Waals surface area (Å²) in [4.78, 5) is 19.3. The van der Waals surface area contributed by atoms with Crippen LogP contribution in [0.25, 0.3) is 0 Å². The lowest BCUT2D eigenvalue weighted by atomic mass is 10.1. The zero-order valence-electron chi connectivity index (χ0n) is 18.3. The molecule has 1 aliphatic rings. The highest BCUT2D eigenvalue weighted by Crippen LogP contribution is 2.24. The Bertz CT molecular complexity index is 1110. The van der Waals surface area contributed by atoms with Crippen LogP contribution in [-0.4, -0.2) is 41.8 Å². The van der Waals surface area contributed by atoms with Gasteiger partial charge in [0.25, 0.3) is 5.91 Å². The number of amidine groups is 1. The van der Waals surface area contributed by atoms with E-state index in [4.69, 9.17) is 10.1 Å². The summed E-state index contributed by atoms with van der Waals surface area (Å²) in [6.07, 6.45) is 2.87. The van der Waals surface area contributed by atoms with Crippen molar-refractivity contribution in [2.75, 3.05) is 30.8 Å². The van der Waals surface area contributed by atoms with Gasteiger partial charge in [0.05, 0.1) is 12.7 Å². The van der Waals surface area contributed by atoms with Gasteiger partial charge in [-0.15, -0.1) is 0 Å². The topological polar surface area (TPSA) is 90.3 Å². The van der Waals surface area contributed by atoms with Crippen LogP contribution in [-0.2, 0) is 6.54 Å². The maximum Gasteiger partial charge on any atom is 0.259 e. The number of carbonyl (C=O) groups is 1. The Kier molecular flexibility index (Phi) is 6.35. The molecule has 0 radical (unpaired) electrons. The van der Waals surface area contributed by atoms with Crippen molar-refractivity contribution in [2.45, 2.75) is 19.9 Å². The number of amides is 1. The third-order valence-corrected chi connectivity index (χ3v) is 5.51. The van der Waals surface area contributed by atoms with Crippen molar-refractivity contribution >= 4 is 23.2 Å². The number of carbonyl (C=O) groups excluding carboxylic acids is 1. The standard InChI is InChI=1S/C25H27N5O2/c1-17-4-11-23(28-15-17)29-25(31)21-14-20(32-2)9-10-22(21)27-16-18-5-7-19(8-6-18)24(26)30-12-3-13-30/h4-11,14-15,26-27H,3,12-13,16H2,1-2H3,(H,28,29,31). The maximum absolute atomic E-state index is 12.9. The van der Waals surface area contributed by atoms with Gasteiger partial charge in [-0.25, -0.2) is 4.98 Å². The van der Waals surface area contributed by atoms with Crippen LogP contribution in [0.1, 0.15) is 33.5 Å². The number of anilines is 2. The lowest BCUT2D eigenvalue weighted by molar-refractivity contribution is 0.102. The molecule has 7 nitrogen and oxygen atoms in total. The summed E-state index contributed by atoms with van der Waals surface area (Å²) in [6, 6.07) is 17.0. The Balaban J connectivity index is 1.46. The van der Waals surface area contributed by atoms with Crippen LogP contribution < -0.4 is 15.4 Å². The Morgan fingerprint density at radius 1 is 1.12 bits per heavy atom. The van der Waals surface area contributed by atoms with E-state index < -0.39 is 0 Å². The van der Waals surface area contributed by atoms with Crippen molar-refractivity contribution in [3.05, 3.63) is 83.0 Å². The summed E-state index contributed by atoms with van der Waals surface area (Å²) in [5.74, 6) is 1.41. The third kappa shape index (κ3) is 4.88. The number of aromatic nitrogens is 1. The van der Waals surface area contributed by atoms with E-state index in [1.165, 1.54) is 0 Å². The van der Waals surface area contributed by atoms with Crippen molar-refractivity contribution in [2.24, 2.45) is 0 Å². The Labute approximate surface area is 187 Å². The molecule has 1 amide bonds. The molecule has 0 unspecified atom stereocenters. The molecule has 0 atom stereocenters. The quantitative estimate of drug-likeness (QED) is 0.385. The number of nitrogens with zero attached hydrogens (tertiary/aromatic N) is 2. The van der Waals surface area contributed by atoms with Crippen LogP contribution in [0.15, 0.2) is 60.8 Å². The molecule has 4 rings (SSSR count). The van der Waals surface area contributed by atoms with Crippen LogP contribution in [0, 0.1) is 12.3 Å². The van der Waals surface area contributed by atoms with Crippen LogP contribution in [0.2, 0.25) is 0 Å². The van der Waals surface area contributed by atoms with Crippen molar-refractivity contribution in [3.63, 3.8) is 0 Å². The third-order valence-electron chi connectivity index (χ3n) is 5.51. The van der Waals surface area contributed by atoms with E-state index in [-0.39, 0.29) is 5.91 Å². The van der Waals surface area contributed by atoms with Crippen molar-refractivity contribution < 1.29 is 9.53 Å². The highest BCUT2D eigenvalue weighted by Gasteiger charge is 2.18. The van der Waals surface area contributed by atoms with Crippen molar-refractivity contribution in [1.29, 1.82) is 5.41 Å². The van der Waals surface area contributed by atoms with Gasteiger partial charge in [-0.2, -0.15) is 0 Å². The second-order valence-corrected chi connectivity index (χ2v) is 7.83. The largest absolute Gasteiger partial charge is 0.497 e. The minimum absolute atomic E-state index is 0.263.